The normalized spacial score (nSPS) is 24.4. The van der Waals surface area contributed by atoms with Crippen molar-refractivity contribution in [1.29, 1.82) is 0 Å². The van der Waals surface area contributed by atoms with Crippen LogP contribution in [0.2, 0.25) is 0 Å². The molecule has 1 aliphatic carbocycles. The zero-order valence-electron chi connectivity index (χ0n) is 10.2. The lowest BCUT2D eigenvalue weighted by Gasteiger charge is -2.20. The maximum atomic E-state index is 3.73. The van der Waals surface area contributed by atoms with Crippen LogP contribution in [0.4, 0.5) is 5.69 Å². The van der Waals surface area contributed by atoms with E-state index in [2.05, 4.69) is 51.3 Å². The molecule has 0 amide bonds. The predicted octanol–water partition coefficient (Wildman–Crippen LogP) is 3.09. The Labute approximate surface area is 112 Å². The van der Waals surface area contributed by atoms with Gasteiger partial charge in [-0.15, -0.1) is 0 Å². The minimum atomic E-state index is 0.700. The zero-order valence-corrected chi connectivity index (χ0v) is 11.8. The van der Waals surface area contributed by atoms with E-state index in [1.807, 2.05) is 0 Å². The van der Waals surface area contributed by atoms with E-state index in [1.165, 1.54) is 41.5 Å². The monoisotopic (exact) mass is 294 g/mol. The van der Waals surface area contributed by atoms with Gasteiger partial charge in [0.1, 0.15) is 0 Å². The van der Waals surface area contributed by atoms with E-state index in [4.69, 9.17) is 0 Å². The Balaban J connectivity index is 1.66. The number of anilines is 1. The molecule has 0 aromatic heterocycles. The summed E-state index contributed by atoms with van der Waals surface area (Å²) in [5.41, 5.74) is 2.69. The molecule has 1 N–H and O–H groups in total. The van der Waals surface area contributed by atoms with Crippen LogP contribution in [0.25, 0.3) is 0 Å². The molecule has 17 heavy (non-hydrogen) atoms. The van der Waals surface area contributed by atoms with Crippen LogP contribution in [0.15, 0.2) is 22.7 Å². The lowest BCUT2D eigenvalue weighted by molar-refractivity contribution is 0.548. The minimum absolute atomic E-state index is 0.700. The molecule has 1 saturated carbocycles. The van der Waals surface area contributed by atoms with Crippen LogP contribution in [0, 0.1) is 6.92 Å². The number of nitrogens with zero attached hydrogens (tertiary/aromatic N) is 1. The fourth-order valence-electron chi connectivity index (χ4n) is 2.54. The van der Waals surface area contributed by atoms with Crippen LogP contribution in [-0.4, -0.2) is 25.2 Å². The fourth-order valence-corrected chi connectivity index (χ4v) is 2.79. The van der Waals surface area contributed by atoms with Crippen LogP contribution in [0.5, 0.6) is 0 Å². The van der Waals surface area contributed by atoms with Crippen molar-refractivity contribution in [2.75, 3.05) is 18.0 Å². The number of aryl methyl sites for hydroxylation is 1. The van der Waals surface area contributed by atoms with Gasteiger partial charge in [0.05, 0.1) is 0 Å². The van der Waals surface area contributed by atoms with Crippen molar-refractivity contribution in [3.63, 3.8) is 0 Å². The molecule has 1 saturated heterocycles. The van der Waals surface area contributed by atoms with Crippen molar-refractivity contribution in [2.24, 2.45) is 0 Å². The van der Waals surface area contributed by atoms with E-state index in [9.17, 15) is 0 Å². The molecule has 1 aliphatic heterocycles. The molecule has 1 aromatic carbocycles. The summed E-state index contributed by atoms with van der Waals surface area (Å²) in [6.07, 6.45) is 4.05. The maximum absolute atomic E-state index is 3.73. The minimum Gasteiger partial charge on any atom is -0.370 e. The second kappa shape index (κ2) is 4.62. The van der Waals surface area contributed by atoms with Crippen LogP contribution >= 0.6 is 15.9 Å². The Morgan fingerprint density at radius 2 is 2.06 bits per heavy atom. The number of benzene rings is 1. The SMILES string of the molecule is Cc1cc(N2CCC(NC3CC3)C2)ccc1Br. The molecular weight excluding hydrogens is 276 g/mol. The number of hydrogen-bond acceptors (Lipinski definition) is 2. The van der Waals surface area contributed by atoms with Gasteiger partial charge in [-0.2, -0.15) is 0 Å². The number of hydrogen-bond donors (Lipinski definition) is 1. The number of rotatable bonds is 3. The van der Waals surface area contributed by atoms with Crippen molar-refractivity contribution in [2.45, 2.75) is 38.3 Å². The highest BCUT2D eigenvalue weighted by molar-refractivity contribution is 9.10. The first-order valence-corrected chi connectivity index (χ1v) is 7.29. The lowest BCUT2D eigenvalue weighted by atomic mass is 10.2. The molecule has 2 nitrogen and oxygen atoms in total. The van der Waals surface area contributed by atoms with Gasteiger partial charge >= 0.3 is 0 Å². The molecule has 92 valence electrons. The first-order chi connectivity index (χ1) is 8.22. The Morgan fingerprint density at radius 1 is 1.24 bits per heavy atom. The van der Waals surface area contributed by atoms with Gasteiger partial charge in [0, 0.05) is 35.3 Å². The summed E-state index contributed by atoms with van der Waals surface area (Å²) in [4.78, 5) is 2.50. The van der Waals surface area contributed by atoms with Crippen LogP contribution in [0.1, 0.15) is 24.8 Å². The predicted molar refractivity (Wildman–Crippen MR) is 75.7 cm³/mol. The van der Waals surface area contributed by atoms with Crippen molar-refractivity contribution in [3.05, 3.63) is 28.2 Å². The van der Waals surface area contributed by atoms with Gasteiger partial charge in [-0.1, -0.05) is 15.9 Å². The molecule has 1 aromatic rings. The van der Waals surface area contributed by atoms with E-state index < -0.39 is 0 Å². The average Bonchev–Trinajstić information content (AvgIpc) is 2.99. The second-order valence-corrected chi connectivity index (χ2v) is 6.16. The standard InChI is InChI=1S/C14H19BrN2/c1-10-8-13(4-5-14(10)15)17-7-6-12(9-17)16-11-2-3-11/h4-5,8,11-12,16H,2-3,6-7,9H2,1H3. The maximum Gasteiger partial charge on any atom is 0.0370 e. The van der Waals surface area contributed by atoms with E-state index in [1.54, 1.807) is 0 Å². The summed E-state index contributed by atoms with van der Waals surface area (Å²) in [5.74, 6) is 0. The largest absolute Gasteiger partial charge is 0.370 e. The third-order valence-corrected chi connectivity index (χ3v) is 4.63. The summed E-state index contributed by atoms with van der Waals surface area (Å²) in [5, 5.41) is 3.73. The van der Waals surface area contributed by atoms with Gasteiger partial charge in [-0.3, -0.25) is 0 Å². The van der Waals surface area contributed by atoms with E-state index >= 15 is 0 Å². The van der Waals surface area contributed by atoms with Gasteiger partial charge in [-0.05, 0) is 49.9 Å². The van der Waals surface area contributed by atoms with Gasteiger partial charge in [-0.25, -0.2) is 0 Å². The quantitative estimate of drug-likeness (QED) is 0.922. The molecule has 0 bridgehead atoms. The Hall–Kier alpha value is -0.540. The molecule has 1 atom stereocenters. The highest BCUT2D eigenvalue weighted by atomic mass is 79.9. The molecule has 1 unspecified atom stereocenters. The van der Waals surface area contributed by atoms with Crippen molar-refractivity contribution in [1.82, 2.24) is 5.32 Å². The smallest absolute Gasteiger partial charge is 0.0370 e. The van der Waals surface area contributed by atoms with Gasteiger partial charge in [0.2, 0.25) is 0 Å². The topological polar surface area (TPSA) is 15.3 Å². The van der Waals surface area contributed by atoms with Gasteiger partial charge in [0.25, 0.3) is 0 Å². The molecular formula is C14H19BrN2. The highest BCUT2D eigenvalue weighted by Gasteiger charge is 2.29. The van der Waals surface area contributed by atoms with Crippen molar-refractivity contribution in [3.8, 4) is 0 Å². The molecule has 1 heterocycles. The number of nitrogens with one attached hydrogen (secondary N) is 1. The third-order valence-electron chi connectivity index (χ3n) is 3.74. The summed E-state index contributed by atoms with van der Waals surface area (Å²) < 4.78 is 1.20. The van der Waals surface area contributed by atoms with E-state index in [-0.39, 0.29) is 0 Å². The zero-order chi connectivity index (χ0) is 11.8. The lowest BCUT2D eigenvalue weighted by Crippen LogP contribution is -2.33. The molecule has 2 aliphatic rings. The molecule has 0 radical (unpaired) electrons. The van der Waals surface area contributed by atoms with Crippen LogP contribution in [-0.2, 0) is 0 Å². The Bertz CT molecular complexity index is 415. The van der Waals surface area contributed by atoms with E-state index in [0.717, 1.165) is 12.6 Å². The third kappa shape index (κ3) is 2.66. The average molecular weight is 295 g/mol. The molecule has 2 fully saturated rings. The molecule has 0 spiro atoms. The highest BCUT2D eigenvalue weighted by Crippen LogP contribution is 2.27. The Kier molecular flexibility index (Phi) is 3.14. The van der Waals surface area contributed by atoms with Gasteiger partial charge < -0.3 is 10.2 Å². The molecule has 3 rings (SSSR count). The Morgan fingerprint density at radius 3 is 2.76 bits per heavy atom. The first kappa shape index (κ1) is 11.5. The number of halogens is 1. The first-order valence-electron chi connectivity index (χ1n) is 6.49. The second-order valence-electron chi connectivity index (χ2n) is 5.31. The summed E-state index contributed by atoms with van der Waals surface area (Å²) >= 11 is 3.56. The molecule has 3 heteroatoms. The summed E-state index contributed by atoms with van der Waals surface area (Å²) in [6.45, 7) is 4.51. The van der Waals surface area contributed by atoms with Crippen LogP contribution in [0.3, 0.4) is 0 Å². The van der Waals surface area contributed by atoms with Gasteiger partial charge in [0.15, 0.2) is 0 Å². The van der Waals surface area contributed by atoms with Crippen molar-refractivity contribution >= 4 is 21.6 Å². The summed E-state index contributed by atoms with van der Waals surface area (Å²) in [7, 11) is 0. The summed E-state index contributed by atoms with van der Waals surface area (Å²) in [6, 6.07) is 8.19. The van der Waals surface area contributed by atoms with Crippen LogP contribution < -0.4 is 10.2 Å². The van der Waals surface area contributed by atoms with Crippen molar-refractivity contribution < 1.29 is 0 Å². The van der Waals surface area contributed by atoms with E-state index in [0.29, 0.717) is 6.04 Å². The fraction of sp³-hybridized carbons (Fsp3) is 0.571.